The fraction of sp³-hybridized carbons (Fsp3) is 0.533. The minimum Gasteiger partial charge on any atom is -0.478 e. The Labute approximate surface area is 114 Å². The van der Waals surface area contributed by atoms with Gasteiger partial charge in [-0.2, -0.15) is 0 Å². The number of aromatic carboxylic acids is 1. The number of carbonyl (C=O) groups is 1. The standard InChI is InChI=1S/C15H22N2O2/c1-11(2)9-12-10-17(8-7-16-12)14-6-4-3-5-13(14)15(18)19/h3-6,11-12,16H,7-10H2,1-2H3,(H,18,19)/t12-/m1/s1. The lowest BCUT2D eigenvalue weighted by Gasteiger charge is -2.36. The van der Waals surface area contributed by atoms with Crippen molar-refractivity contribution in [3.63, 3.8) is 0 Å². The van der Waals surface area contributed by atoms with Gasteiger partial charge in [0.2, 0.25) is 0 Å². The largest absolute Gasteiger partial charge is 0.478 e. The van der Waals surface area contributed by atoms with Crippen LogP contribution in [-0.2, 0) is 0 Å². The summed E-state index contributed by atoms with van der Waals surface area (Å²) in [6.07, 6.45) is 1.12. The van der Waals surface area contributed by atoms with Crippen LogP contribution < -0.4 is 10.2 Å². The Morgan fingerprint density at radius 1 is 1.47 bits per heavy atom. The second-order valence-corrected chi connectivity index (χ2v) is 5.55. The number of hydrogen-bond acceptors (Lipinski definition) is 3. The molecule has 0 unspecified atom stereocenters. The van der Waals surface area contributed by atoms with Crippen molar-refractivity contribution in [2.24, 2.45) is 5.92 Å². The summed E-state index contributed by atoms with van der Waals surface area (Å²) < 4.78 is 0. The molecule has 1 saturated heterocycles. The molecule has 1 aromatic carbocycles. The second kappa shape index (κ2) is 6.06. The molecule has 2 N–H and O–H groups in total. The summed E-state index contributed by atoms with van der Waals surface area (Å²) in [5, 5.41) is 12.8. The number of hydrogen-bond donors (Lipinski definition) is 2. The van der Waals surface area contributed by atoms with Crippen LogP contribution in [-0.4, -0.2) is 36.8 Å². The summed E-state index contributed by atoms with van der Waals surface area (Å²) in [6, 6.07) is 7.70. The van der Waals surface area contributed by atoms with Gasteiger partial charge in [-0.1, -0.05) is 26.0 Å². The molecule has 19 heavy (non-hydrogen) atoms. The van der Waals surface area contributed by atoms with E-state index < -0.39 is 5.97 Å². The van der Waals surface area contributed by atoms with E-state index in [-0.39, 0.29) is 0 Å². The number of carboxylic acids is 1. The van der Waals surface area contributed by atoms with Crippen molar-refractivity contribution in [2.45, 2.75) is 26.3 Å². The molecule has 1 aromatic rings. The monoisotopic (exact) mass is 262 g/mol. The van der Waals surface area contributed by atoms with Gasteiger partial charge in [-0.3, -0.25) is 0 Å². The number of rotatable bonds is 4. The maximum Gasteiger partial charge on any atom is 0.337 e. The van der Waals surface area contributed by atoms with Gasteiger partial charge < -0.3 is 15.3 Å². The maximum absolute atomic E-state index is 11.3. The zero-order valence-corrected chi connectivity index (χ0v) is 11.6. The molecule has 1 aliphatic heterocycles. The van der Waals surface area contributed by atoms with E-state index >= 15 is 0 Å². The quantitative estimate of drug-likeness (QED) is 0.873. The molecule has 4 heteroatoms. The first-order valence-electron chi connectivity index (χ1n) is 6.88. The summed E-state index contributed by atoms with van der Waals surface area (Å²) in [5.74, 6) is -0.207. The third-order valence-electron chi connectivity index (χ3n) is 3.49. The van der Waals surface area contributed by atoms with Crippen LogP contribution in [0, 0.1) is 5.92 Å². The number of piperazine rings is 1. The van der Waals surface area contributed by atoms with Gasteiger partial charge in [-0.05, 0) is 24.5 Å². The molecule has 1 aliphatic rings. The van der Waals surface area contributed by atoms with Crippen LogP contribution in [0.4, 0.5) is 5.69 Å². The Morgan fingerprint density at radius 2 is 2.21 bits per heavy atom. The average molecular weight is 262 g/mol. The highest BCUT2D eigenvalue weighted by Gasteiger charge is 2.23. The highest BCUT2D eigenvalue weighted by molar-refractivity contribution is 5.94. The van der Waals surface area contributed by atoms with Crippen molar-refractivity contribution in [2.75, 3.05) is 24.5 Å². The van der Waals surface area contributed by atoms with E-state index in [0.717, 1.165) is 31.7 Å². The van der Waals surface area contributed by atoms with Gasteiger partial charge in [0.15, 0.2) is 0 Å². The summed E-state index contributed by atoms with van der Waals surface area (Å²) in [5.41, 5.74) is 1.23. The third kappa shape index (κ3) is 3.47. The van der Waals surface area contributed by atoms with Gasteiger partial charge in [0.25, 0.3) is 0 Å². The van der Waals surface area contributed by atoms with E-state index in [2.05, 4.69) is 24.1 Å². The van der Waals surface area contributed by atoms with Gasteiger partial charge in [0.05, 0.1) is 11.3 Å². The Kier molecular flexibility index (Phi) is 4.43. The van der Waals surface area contributed by atoms with Gasteiger partial charge in [0.1, 0.15) is 0 Å². The number of para-hydroxylation sites is 1. The lowest BCUT2D eigenvalue weighted by atomic mass is 10.0. The number of nitrogens with one attached hydrogen (secondary N) is 1. The smallest absolute Gasteiger partial charge is 0.337 e. The van der Waals surface area contributed by atoms with Crippen molar-refractivity contribution in [3.05, 3.63) is 29.8 Å². The predicted molar refractivity (Wildman–Crippen MR) is 76.9 cm³/mol. The Morgan fingerprint density at radius 3 is 2.89 bits per heavy atom. The SMILES string of the molecule is CC(C)C[C@@H]1CN(c2ccccc2C(=O)O)CCN1. The molecular formula is C15H22N2O2. The maximum atomic E-state index is 11.3. The fourth-order valence-corrected chi connectivity index (χ4v) is 2.70. The van der Waals surface area contributed by atoms with Crippen molar-refractivity contribution in [3.8, 4) is 0 Å². The van der Waals surface area contributed by atoms with E-state index in [1.165, 1.54) is 0 Å². The van der Waals surface area contributed by atoms with Crippen LogP contribution in [0.1, 0.15) is 30.6 Å². The Balaban J connectivity index is 2.15. The second-order valence-electron chi connectivity index (χ2n) is 5.55. The molecule has 0 aliphatic carbocycles. The summed E-state index contributed by atoms with van der Waals surface area (Å²) >= 11 is 0. The van der Waals surface area contributed by atoms with Crippen LogP contribution >= 0.6 is 0 Å². The molecular weight excluding hydrogens is 240 g/mol. The molecule has 0 amide bonds. The minimum atomic E-state index is -0.852. The molecule has 1 fully saturated rings. The number of nitrogens with zero attached hydrogens (tertiary/aromatic N) is 1. The first-order valence-corrected chi connectivity index (χ1v) is 6.88. The molecule has 104 valence electrons. The lowest BCUT2D eigenvalue weighted by molar-refractivity contribution is 0.0697. The van der Waals surface area contributed by atoms with Crippen molar-refractivity contribution < 1.29 is 9.90 Å². The van der Waals surface area contributed by atoms with Gasteiger partial charge in [-0.25, -0.2) is 4.79 Å². The highest BCUT2D eigenvalue weighted by atomic mass is 16.4. The Hall–Kier alpha value is -1.55. The zero-order chi connectivity index (χ0) is 13.8. The first-order chi connectivity index (χ1) is 9.08. The molecule has 0 aromatic heterocycles. The summed E-state index contributed by atoms with van der Waals surface area (Å²) in [4.78, 5) is 13.5. The van der Waals surface area contributed by atoms with Crippen LogP contribution in [0.25, 0.3) is 0 Å². The lowest BCUT2D eigenvalue weighted by Crippen LogP contribution is -2.51. The van der Waals surface area contributed by atoms with Crippen molar-refractivity contribution >= 4 is 11.7 Å². The van der Waals surface area contributed by atoms with Crippen molar-refractivity contribution in [1.82, 2.24) is 5.32 Å². The summed E-state index contributed by atoms with van der Waals surface area (Å²) in [6.45, 7) is 7.07. The predicted octanol–water partition coefficient (Wildman–Crippen LogP) is 2.21. The molecule has 0 saturated carbocycles. The normalized spacial score (nSPS) is 19.7. The molecule has 0 bridgehead atoms. The van der Waals surface area contributed by atoms with E-state index in [1.54, 1.807) is 12.1 Å². The van der Waals surface area contributed by atoms with Crippen LogP contribution in [0.15, 0.2) is 24.3 Å². The molecule has 2 rings (SSSR count). The van der Waals surface area contributed by atoms with Crippen LogP contribution in [0.3, 0.4) is 0 Å². The number of carboxylic acid groups (broad SMARTS) is 1. The topological polar surface area (TPSA) is 52.6 Å². The van der Waals surface area contributed by atoms with Gasteiger partial charge in [0, 0.05) is 25.7 Å². The third-order valence-corrected chi connectivity index (χ3v) is 3.49. The highest BCUT2D eigenvalue weighted by Crippen LogP contribution is 2.22. The van der Waals surface area contributed by atoms with Crippen LogP contribution in [0.5, 0.6) is 0 Å². The van der Waals surface area contributed by atoms with E-state index in [0.29, 0.717) is 17.5 Å². The van der Waals surface area contributed by atoms with Crippen LogP contribution in [0.2, 0.25) is 0 Å². The Bertz CT molecular complexity index is 446. The average Bonchev–Trinajstić information content (AvgIpc) is 2.38. The zero-order valence-electron chi connectivity index (χ0n) is 11.6. The van der Waals surface area contributed by atoms with Crippen molar-refractivity contribution in [1.29, 1.82) is 0 Å². The van der Waals surface area contributed by atoms with Gasteiger partial charge >= 0.3 is 5.97 Å². The fourth-order valence-electron chi connectivity index (χ4n) is 2.70. The molecule has 4 nitrogen and oxygen atoms in total. The number of benzene rings is 1. The molecule has 0 radical (unpaired) electrons. The minimum absolute atomic E-state index is 0.396. The van der Waals surface area contributed by atoms with E-state index in [9.17, 15) is 9.90 Å². The number of anilines is 1. The summed E-state index contributed by atoms with van der Waals surface area (Å²) in [7, 11) is 0. The molecule has 1 atom stereocenters. The molecule has 1 heterocycles. The molecule has 0 spiro atoms. The van der Waals surface area contributed by atoms with E-state index in [4.69, 9.17) is 0 Å². The van der Waals surface area contributed by atoms with E-state index in [1.807, 2.05) is 12.1 Å². The van der Waals surface area contributed by atoms with Gasteiger partial charge in [-0.15, -0.1) is 0 Å². The first kappa shape index (κ1) is 13.9.